The Labute approximate surface area is 125 Å². The second-order valence-corrected chi connectivity index (χ2v) is 5.07. The Morgan fingerprint density at radius 1 is 1.14 bits per heavy atom. The highest BCUT2D eigenvalue weighted by Crippen LogP contribution is 2.28. The fraction of sp³-hybridized carbons (Fsp3) is 0.200. The van der Waals surface area contributed by atoms with Gasteiger partial charge in [0.1, 0.15) is 5.75 Å². The van der Waals surface area contributed by atoms with Crippen molar-refractivity contribution in [1.82, 2.24) is 0 Å². The largest absolute Gasteiger partial charge is 0.573 e. The summed E-state index contributed by atoms with van der Waals surface area (Å²) < 4.78 is 40.1. The lowest BCUT2D eigenvalue weighted by Gasteiger charge is -2.11. The second kappa shape index (κ2) is 5.85. The number of ether oxygens (including phenoxy) is 1. The van der Waals surface area contributed by atoms with E-state index in [9.17, 15) is 13.2 Å². The monoisotopic (exact) mass is 315 g/mol. The van der Waals surface area contributed by atoms with Gasteiger partial charge in [-0.2, -0.15) is 0 Å². The summed E-state index contributed by atoms with van der Waals surface area (Å²) in [5.74, 6) is -0.249. The molecular weight excluding hydrogens is 303 g/mol. The van der Waals surface area contributed by atoms with Crippen LogP contribution in [0.4, 0.5) is 18.9 Å². The van der Waals surface area contributed by atoms with E-state index < -0.39 is 6.36 Å². The minimum Gasteiger partial charge on any atom is -0.406 e. The number of nitrogen functional groups attached to an aromatic ring is 1. The number of benzene rings is 2. The Morgan fingerprint density at radius 2 is 1.76 bits per heavy atom. The van der Waals surface area contributed by atoms with Gasteiger partial charge >= 0.3 is 6.36 Å². The molecule has 0 aromatic heterocycles. The molecule has 2 N–H and O–H groups in total. The lowest BCUT2D eigenvalue weighted by Crippen LogP contribution is -2.17. The molecule has 0 fully saturated rings. The highest BCUT2D eigenvalue weighted by Gasteiger charge is 2.30. The minimum atomic E-state index is -4.68. The highest BCUT2D eigenvalue weighted by molar-refractivity contribution is 6.33. The Balaban J connectivity index is 2.18. The maximum atomic E-state index is 12.1. The first-order valence-electron chi connectivity index (χ1n) is 6.14. The van der Waals surface area contributed by atoms with Crippen LogP contribution in [0.2, 0.25) is 5.02 Å². The van der Waals surface area contributed by atoms with Gasteiger partial charge in [0, 0.05) is 0 Å². The van der Waals surface area contributed by atoms with Gasteiger partial charge in [-0.3, -0.25) is 0 Å². The summed E-state index contributed by atoms with van der Waals surface area (Å²) in [6, 6.07) is 9.35. The molecule has 0 heterocycles. The van der Waals surface area contributed by atoms with Crippen molar-refractivity contribution < 1.29 is 17.9 Å². The summed E-state index contributed by atoms with van der Waals surface area (Å²) in [4.78, 5) is 0. The van der Waals surface area contributed by atoms with Crippen molar-refractivity contribution in [2.45, 2.75) is 19.7 Å². The van der Waals surface area contributed by atoms with Crippen LogP contribution in [0, 0.1) is 6.92 Å². The third-order valence-corrected chi connectivity index (χ3v) is 3.33. The molecule has 0 bridgehead atoms. The average molecular weight is 316 g/mol. The van der Waals surface area contributed by atoms with Crippen LogP contribution in [0.1, 0.15) is 16.7 Å². The van der Waals surface area contributed by atoms with E-state index in [1.807, 2.05) is 13.0 Å². The summed E-state index contributed by atoms with van der Waals surface area (Å²) in [7, 11) is 0. The van der Waals surface area contributed by atoms with Crippen LogP contribution in [-0.4, -0.2) is 6.36 Å². The number of halogens is 4. The van der Waals surface area contributed by atoms with E-state index in [0.717, 1.165) is 16.7 Å². The Bertz CT molecular complexity index is 639. The van der Waals surface area contributed by atoms with Crippen LogP contribution in [0.15, 0.2) is 36.4 Å². The molecule has 112 valence electrons. The molecule has 0 saturated carbocycles. The molecule has 2 rings (SSSR count). The van der Waals surface area contributed by atoms with Gasteiger partial charge in [-0.1, -0.05) is 29.8 Å². The first kappa shape index (κ1) is 15.5. The predicted octanol–water partition coefficient (Wildman–Crippen LogP) is 4.72. The smallest absolute Gasteiger partial charge is 0.406 e. The lowest BCUT2D eigenvalue weighted by molar-refractivity contribution is -0.274. The standard InChI is InChI=1S/C15H13ClF3NO/c1-9-6-11(14(16)13(20)7-9)8-10-2-4-12(5-3-10)21-15(17,18)19/h2-7H,8,20H2,1H3. The quantitative estimate of drug-likeness (QED) is 0.832. The Morgan fingerprint density at radius 3 is 2.33 bits per heavy atom. The molecule has 0 radical (unpaired) electrons. The number of aryl methyl sites for hydroxylation is 1. The van der Waals surface area contributed by atoms with Crippen molar-refractivity contribution in [3.63, 3.8) is 0 Å². The molecular formula is C15H13ClF3NO. The number of nitrogens with two attached hydrogens (primary N) is 1. The molecule has 0 spiro atoms. The van der Waals surface area contributed by atoms with Gasteiger partial charge in [-0.05, 0) is 48.2 Å². The van der Waals surface area contributed by atoms with E-state index in [-0.39, 0.29) is 5.75 Å². The van der Waals surface area contributed by atoms with Crippen LogP contribution >= 0.6 is 11.6 Å². The van der Waals surface area contributed by atoms with Crippen molar-refractivity contribution in [1.29, 1.82) is 0 Å². The van der Waals surface area contributed by atoms with Crippen molar-refractivity contribution in [2.75, 3.05) is 5.73 Å². The van der Waals surface area contributed by atoms with Crippen molar-refractivity contribution in [3.05, 3.63) is 58.1 Å². The van der Waals surface area contributed by atoms with Crippen LogP contribution in [-0.2, 0) is 6.42 Å². The van der Waals surface area contributed by atoms with E-state index in [1.54, 1.807) is 18.2 Å². The molecule has 2 aromatic carbocycles. The first-order valence-corrected chi connectivity index (χ1v) is 6.51. The molecule has 0 unspecified atom stereocenters. The SMILES string of the molecule is Cc1cc(N)c(Cl)c(Cc2ccc(OC(F)(F)F)cc2)c1. The van der Waals surface area contributed by atoms with Crippen molar-refractivity contribution in [2.24, 2.45) is 0 Å². The molecule has 0 aliphatic rings. The maximum Gasteiger partial charge on any atom is 0.573 e. The minimum absolute atomic E-state index is 0.249. The number of hydrogen-bond donors (Lipinski definition) is 1. The summed E-state index contributed by atoms with van der Waals surface area (Å²) >= 11 is 6.14. The summed E-state index contributed by atoms with van der Waals surface area (Å²) in [6.07, 6.45) is -4.20. The Kier molecular flexibility index (Phi) is 4.32. The molecule has 6 heteroatoms. The van der Waals surface area contributed by atoms with Crippen LogP contribution in [0.25, 0.3) is 0 Å². The third kappa shape index (κ3) is 4.29. The van der Waals surface area contributed by atoms with E-state index in [4.69, 9.17) is 17.3 Å². The van der Waals surface area contributed by atoms with Gasteiger partial charge in [-0.15, -0.1) is 13.2 Å². The summed E-state index contributed by atoms with van der Waals surface area (Å²) in [6.45, 7) is 1.90. The molecule has 0 aliphatic heterocycles. The predicted molar refractivity (Wildman–Crippen MR) is 76.5 cm³/mol. The van der Waals surface area contributed by atoms with Gasteiger partial charge < -0.3 is 10.5 Å². The second-order valence-electron chi connectivity index (χ2n) is 4.70. The molecule has 2 nitrogen and oxygen atoms in total. The normalized spacial score (nSPS) is 11.5. The first-order chi connectivity index (χ1) is 9.74. The third-order valence-electron chi connectivity index (χ3n) is 2.87. The molecule has 2 aromatic rings. The lowest BCUT2D eigenvalue weighted by atomic mass is 10.0. The Hall–Kier alpha value is -1.88. The van der Waals surface area contributed by atoms with Crippen molar-refractivity contribution >= 4 is 17.3 Å². The zero-order chi connectivity index (χ0) is 15.6. The van der Waals surface area contributed by atoms with Crippen molar-refractivity contribution in [3.8, 4) is 5.75 Å². The van der Waals surface area contributed by atoms with E-state index in [2.05, 4.69) is 4.74 Å². The molecule has 21 heavy (non-hydrogen) atoms. The molecule has 0 amide bonds. The molecule has 0 saturated heterocycles. The maximum absolute atomic E-state index is 12.1. The number of alkyl halides is 3. The molecule has 0 atom stereocenters. The van der Waals surface area contributed by atoms with Gasteiger partial charge in [0.15, 0.2) is 0 Å². The van der Waals surface area contributed by atoms with Crippen LogP contribution in [0.5, 0.6) is 5.75 Å². The fourth-order valence-corrected chi connectivity index (χ4v) is 2.21. The van der Waals surface area contributed by atoms with E-state index in [1.165, 1.54) is 12.1 Å². The van der Waals surface area contributed by atoms with Gasteiger partial charge in [0.2, 0.25) is 0 Å². The number of rotatable bonds is 3. The number of hydrogen-bond acceptors (Lipinski definition) is 2. The van der Waals surface area contributed by atoms with Crippen LogP contribution < -0.4 is 10.5 Å². The number of anilines is 1. The zero-order valence-corrected chi connectivity index (χ0v) is 11.9. The van der Waals surface area contributed by atoms with Gasteiger partial charge in [-0.25, -0.2) is 0 Å². The highest BCUT2D eigenvalue weighted by atomic mass is 35.5. The van der Waals surface area contributed by atoms with Gasteiger partial charge in [0.05, 0.1) is 10.7 Å². The fourth-order valence-electron chi connectivity index (χ4n) is 2.03. The molecule has 0 aliphatic carbocycles. The summed E-state index contributed by atoms with van der Waals surface area (Å²) in [5.41, 5.74) is 8.91. The van der Waals surface area contributed by atoms with Gasteiger partial charge in [0.25, 0.3) is 0 Å². The van der Waals surface area contributed by atoms with E-state index in [0.29, 0.717) is 17.1 Å². The topological polar surface area (TPSA) is 35.2 Å². The summed E-state index contributed by atoms with van der Waals surface area (Å²) in [5, 5.41) is 0.469. The zero-order valence-electron chi connectivity index (χ0n) is 11.2. The van der Waals surface area contributed by atoms with Crippen LogP contribution in [0.3, 0.4) is 0 Å². The average Bonchev–Trinajstić information content (AvgIpc) is 2.36. The van der Waals surface area contributed by atoms with E-state index >= 15 is 0 Å².